The molecular weight excluding hydrogens is 1430 g/mol. The minimum atomic E-state index is -1.55. The highest BCUT2D eigenvalue weighted by molar-refractivity contribution is 6.01. The van der Waals surface area contributed by atoms with Gasteiger partial charge in [0.2, 0.25) is 53.2 Å². The maximum atomic E-state index is 15.9. The highest BCUT2D eigenvalue weighted by Gasteiger charge is 2.38. The summed E-state index contributed by atoms with van der Waals surface area (Å²) in [5.41, 5.74) is 33.3. The number of guanidine groups is 5. The van der Waals surface area contributed by atoms with Crippen LogP contribution < -0.4 is 103 Å². The van der Waals surface area contributed by atoms with Crippen molar-refractivity contribution < 1.29 is 43.2 Å². The lowest BCUT2D eigenvalue weighted by Gasteiger charge is -2.28. The number of nitrogens with one attached hydrogen (secondary N) is 23. The number of carbonyl (C=O) groups excluding carboxylic acids is 9. The smallest absolute Gasteiger partial charge is 0.243 e. The molecule has 9 amide bonds. The van der Waals surface area contributed by atoms with E-state index in [2.05, 4.69) is 94.4 Å². The Kier molecular flexibility index (Phi) is 29.4. The topological polar surface area (TPSA) is 635 Å². The van der Waals surface area contributed by atoms with Gasteiger partial charge in [0.05, 0.1) is 0 Å². The molecule has 111 heavy (non-hydrogen) atoms. The number of carbonyl (C=O) groups is 9. The molecule has 0 spiro atoms. The third kappa shape index (κ3) is 24.1. The Morgan fingerprint density at radius 1 is 0.261 bits per heavy atom. The summed E-state index contributed by atoms with van der Waals surface area (Å²) in [4.78, 5) is 152. The molecule has 5 heterocycles. The largest absolute Gasteiger partial charge is 0.370 e. The predicted octanol–water partition coefficient (Wildman–Crippen LogP) is -1.42. The van der Waals surface area contributed by atoms with Gasteiger partial charge in [0.1, 0.15) is 54.4 Å². The Labute approximate surface area is 638 Å². The minimum absolute atomic E-state index is 0.0189. The number of H-pyrrole nitrogens is 4. The monoisotopic (exact) mass is 1520 g/mol. The summed E-state index contributed by atoms with van der Waals surface area (Å²) in [5, 5.41) is 80.9. The molecule has 4 aromatic carbocycles. The first-order valence-electron chi connectivity index (χ1n) is 36.7. The van der Waals surface area contributed by atoms with Gasteiger partial charge in [0, 0.05) is 127 Å². The lowest BCUT2D eigenvalue weighted by atomic mass is 9.99. The summed E-state index contributed by atoms with van der Waals surface area (Å²) in [6.07, 6.45) is 5.33. The van der Waals surface area contributed by atoms with Crippen LogP contribution in [0.3, 0.4) is 0 Å². The van der Waals surface area contributed by atoms with E-state index in [-0.39, 0.29) is 135 Å². The van der Waals surface area contributed by atoms with Crippen molar-refractivity contribution in [2.45, 2.75) is 144 Å². The molecule has 33 N–H and O–H groups in total. The van der Waals surface area contributed by atoms with Crippen LogP contribution in [0.5, 0.6) is 0 Å². The molecule has 0 bridgehead atoms. The molecule has 1 saturated heterocycles. The van der Waals surface area contributed by atoms with Crippen LogP contribution in [0.1, 0.15) is 86.5 Å². The van der Waals surface area contributed by atoms with Crippen molar-refractivity contribution in [2.75, 3.05) is 32.7 Å². The molecule has 37 nitrogen and oxygen atoms in total. The molecule has 4 aromatic heterocycles. The number of aromatic nitrogens is 4. The van der Waals surface area contributed by atoms with Crippen molar-refractivity contribution in [3.8, 4) is 0 Å². The summed E-state index contributed by atoms with van der Waals surface area (Å²) < 4.78 is 0. The highest BCUT2D eigenvalue weighted by atomic mass is 16.2. The van der Waals surface area contributed by atoms with Crippen molar-refractivity contribution in [1.29, 1.82) is 27.0 Å². The van der Waals surface area contributed by atoms with Crippen molar-refractivity contribution in [3.05, 3.63) is 144 Å². The first kappa shape index (κ1) is 81.7. The fraction of sp³-hybridized carbons (Fsp3) is 0.378. The Bertz CT molecular complexity index is 4470. The molecular formula is C74H100N28O9. The number of aromatic amines is 4. The average molecular weight is 1530 g/mol. The van der Waals surface area contributed by atoms with E-state index in [9.17, 15) is 0 Å². The number of hydrogen-bond donors (Lipinski definition) is 28. The van der Waals surface area contributed by atoms with Crippen molar-refractivity contribution in [2.24, 2.45) is 28.7 Å². The molecule has 0 saturated carbocycles. The third-order valence-corrected chi connectivity index (χ3v) is 19.0. The summed E-state index contributed by atoms with van der Waals surface area (Å²) in [5.74, 6) is -10.1. The second-order valence-electron chi connectivity index (χ2n) is 27.2. The van der Waals surface area contributed by atoms with E-state index in [0.717, 1.165) is 0 Å². The van der Waals surface area contributed by atoms with Gasteiger partial charge in [-0.2, -0.15) is 0 Å². The van der Waals surface area contributed by atoms with Crippen LogP contribution in [-0.4, -0.2) is 190 Å². The van der Waals surface area contributed by atoms with Crippen molar-refractivity contribution in [3.63, 3.8) is 0 Å². The van der Waals surface area contributed by atoms with Gasteiger partial charge in [-0.25, -0.2) is 0 Å². The lowest BCUT2D eigenvalue weighted by molar-refractivity contribution is -0.136. The van der Waals surface area contributed by atoms with Gasteiger partial charge in [-0.15, -0.1) is 0 Å². The number of rotatable bonds is 28. The van der Waals surface area contributed by atoms with Gasteiger partial charge < -0.3 is 123 Å². The Hall–Kier alpha value is -13.4. The summed E-state index contributed by atoms with van der Waals surface area (Å²) in [6, 6.07) is 15.2. The van der Waals surface area contributed by atoms with Gasteiger partial charge in [-0.05, 0) is 111 Å². The van der Waals surface area contributed by atoms with Crippen molar-refractivity contribution >= 4 is 127 Å². The zero-order chi connectivity index (χ0) is 79.5. The average Bonchev–Trinajstić information content (AvgIpc) is 1.73. The summed E-state index contributed by atoms with van der Waals surface area (Å²) >= 11 is 0. The molecule has 1 aliphatic heterocycles. The van der Waals surface area contributed by atoms with E-state index in [1.807, 2.05) is 72.8 Å². The van der Waals surface area contributed by atoms with Crippen LogP contribution in [0.15, 0.2) is 122 Å². The van der Waals surface area contributed by atoms with Gasteiger partial charge in [0.15, 0.2) is 29.8 Å². The Balaban J connectivity index is 1.19. The fourth-order valence-corrected chi connectivity index (χ4v) is 13.4. The van der Waals surface area contributed by atoms with Crippen molar-refractivity contribution in [1.82, 2.24) is 94.4 Å². The van der Waals surface area contributed by atoms with E-state index in [0.29, 0.717) is 65.9 Å². The zero-order valence-corrected chi connectivity index (χ0v) is 61.2. The molecule has 0 unspecified atom stereocenters. The molecule has 37 heteroatoms. The molecule has 9 rings (SSSR count). The predicted molar refractivity (Wildman–Crippen MR) is 421 cm³/mol. The van der Waals surface area contributed by atoms with E-state index < -0.39 is 125 Å². The van der Waals surface area contributed by atoms with Crippen LogP contribution in [0, 0.1) is 27.0 Å². The minimum Gasteiger partial charge on any atom is -0.370 e. The second-order valence-corrected chi connectivity index (χ2v) is 27.2. The molecule has 8 aromatic rings. The lowest BCUT2D eigenvalue weighted by Crippen LogP contribution is -2.61. The SMILES string of the molecule is N=C(N)NCCC[C@@H]1NC(=O)[C@H](CCCNC(=N)N)NC(=O)[C@H](CCCNC(=N)N)NC(=O)[C@H](Cc2c[nH]c3ccccc23)NC(=O)[C@H](Cc2c[nH]c3ccccc23)NC(=O)[C@H](Cc2c[nH]c3ccccc23)NC(=O)[C@H](Cc2c[nH]c3ccccc23)NC(=O)[C@H](CCCNC(=N)N)NC(=O)[C@H](CCCNC(=N)N)NC1=O. The van der Waals surface area contributed by atoms with Crippen LogP contribution >= 0.6 is 0 Å². The summed E-state index contributed by atoms with van der Waals surface area (Å²) in [6.45, 7) is 0.118. The maximum absolute atomic E-state index is 15.9. The number of para-hydroxylation sites is 4. The maximum Gasteiger partial charge on any atom is 0.243 e. The normalized spacial score (nSPS) is 20.2. The third-order valence-electron chi connectivity index (χ3n) is 19.0. The molecule has 0 aliphatic carbocycles. The van der Waals surface area contributed by atoms with Crippen LogP contribution in [0.25, 0.3) is 43.6 Å². The highest BCUT2D eigenvalue weighted by Crippen LogP contribution is 2.25. The number of amides is 9. The van der Waals surface area contributed by atoms with E-state index in [1.54, 1.807) is 49.1 Å². The molecule has 0 radical (unpaired) electrons. The molecule has 590 valence electrons. The van der Waals surface area contributed by atoms with Gasteiger partial charge in [-0.3, -0.25) is 70.2 Å². The van der Waals surface area contributed by atoms with Gasteiger partial charge in [-0.1, -0.05) is 72.8 Å². The molecule has 1 fully saturated rings. The number of benzene rings is 4. The van der Waals surface area contributed by atoms with E-state index in [4.69, 9.17) is 55.7 Å². The standard InChI is InChI=1S/C74H100N28O9/c75-70(76)85-27-9-22-52-61(103)95-54(24-11-29-87-72(79)80)63(105)97-56(26-13-31-89-74(83)84)65(107)99-58(33-41-37-91-49-19-6-2-15-45(41)49)67(109)101-60(35-43-39-93-51-21-8-4-17-47(43)51)69(111)102-59(34-42-38-92-50-20-7-3-16-46(42)50)68(110)100-57(32-40-36-90-48-18-5-1-14-44(40)48)66(108)98-55(25-12-30-88-73(81)82)64(106)96-53(62(104)94-52)23-10-28-86-71(77)78/h1-8,14-21,36-39,52-60,90-93H,9-13,22-35H2,(H,94,104)(H,95,103)(H,96,106)(H,97,105)(H,98,108)(H,99,107)(H,100,110)(H,101,109)(H,102,111)(H4,75,76,85)(H4,77,78,86)(H4,79,80,87)(H4,81,82,88)(H4,83,84,89)/t52-,53-,54-,55-,56-,57-,58-,59-,60-/m0/s1. The van der Waals surface area contributed by atoms with Crippen LogP contribution in [0.4, 0.5) is 0 Å². The fourth-order valence-electron chi connectivity index (χ4n) is 13.4. The Morgan fingerprint density at radius 3 is 0.604 bits per heavy atom. The first-order valence-corrected chi connectivity index (χ1v) is 36.7. The van der Waals surface area contributed by atoms with Crippen LogP contribution in [0.2, 0.25) is 0 Å². The quantitative estimate of drug-likeness (QED) is 0.0152. The van der Waals surface area contributed by atoms with Gasteiger partial charge in [0.25, 0.3) is 0 Å². The number of nitrogens with two attached hydrogens (primary N) is 5. The molecule has 1 aliphatic rings. The van der Waals surface area contributed by atoms with Crippen LogP contribution in [-0.2, 0) is 68.8 Å². The first-order chi connectivity index (χ1) is 53.4. The van der Waals surface area contributed by atoms with E-state index >= 15 is 43.2 Å². The summed E-state index contributed by atoms with van der Waals surface area (Å²) in [7, 11) is 0. The molecule has 9 atom stereocenters. The second kappa shape index (κ2) is 40.0. The number of hydrogen-bond acceptors (Lipinski definition) is 14. The zero-order valence-electron chi connectivity index (χ0n) is 61.2. The van der Waals surface area contributed by atoms with Gasteiger partial charge >= 0.3 is 0 Å². The Morgan fingerprint density at radius 2 is 0.423 bits per heavy atom. The van der Waals surface area contributed by atoms with E-state index in [1.165, 1.54) is 0 Å². The number of fused-ring (bicyclic) bond motifs is 4.